The van der Waals surface area contributed by atoms with Gasteiger partial charge in [-0.25, -0.2) is 4.39 Å². The van der Waals surface area contributed by atoms with Gasteiger partial charge in [0.2, 0.25) is 5.75 Å². The molecule has 0 aliphatic carbocycles. The number of rotatable bonds is 5. The van der Waals surface area contributed by atoms with Crippen LogP contribution in [0.5, 0.6) is 5.75 Å². The minimum absolute atomic E-state index is 0.0191. The first-order chi connectivity index (χ1) is 10.9. The molecule has 23 heavy (non-hydrogen) atoms. The van der Waals surface area contributed by atoms with Gasteiger partial charge in [0.25, 0.3) is 5.91 Å². The number of amides is 1. The van der Waals surface area contributed by atoms with Gasteiger partial charge in [0, 0.05) is 4.47 Å². The second-order valence-corrected chi connectivity index (χ2v) is 5.37. The number of halogens is 2. The number of aromatic nitrogens is 1. The lowest BCUT2D eigenvalue weighted by atomic mass is 10.3. The van der Waals surface area contributed by atoms with Crippen molar-refractivity contribution in [1.82, 2.24) is 4.98 Å². The Bertz CT molecular complexity index is 757. The minimum atomic E-state index is -1.08. The van der Waals surface area contributed by atoms with Crippen LogP contribution in [-0.4, -0.2) is 21.9 Å². The van der Waals surface area contributed by atoms with Crippen molar-refractivity contribution in [3.8, 4) is 5.75 Å². The average Bonchev–Trinajstić information content (AvgIpc) is 2.50. The first-order valence-electron chi connectivity index (χ1n) is 6.40. The standard InChI is InChI=1S/C14H11BrFN3O4/c1-8(23-12-3-2-6-17-13(12)19(21)22)14(20)18-11-5-4-9(15)7-10(11)16/h2-8H,1H3,(H,18,20)/t8-/m0/s1. The maximum Gasteiger partial charge on any atom is 0.406 e. The van der Waals surface area contributed by atoms with E-state index in [9.17, 15) is 19.3 Å². The number of nitro groups is 1. The van der Waals surface area contributed by atoms with Gasteiger partial charge in [0.1, 0.15) is 12.0 Å². The summed E-state index contributed by atoms with van der Waals surface area (Å²) in [6.45, 7) is 1.39. The Labute approximate surface area is 138 Å². The van der Waals surface area contributed by atoms with Crippen LogP contribution >= 0.6 is 15.9 Å². The zero-order valence-electron chi connectivity index (χ0n) is 11.8. The van der Waals surface area contributed by atoms with E-state index in [0.717, 1.165) is 0 Å². The lowest BCUT2D eigenvalue weighted by molar-refractivity contribution is -0.390. The highest BCUT2D eigenvalue weighted by Crippen LogP contribution is 2.25. The van der Waals surface area contributed by atoms with Gasteiger partial charge in [-0.15, -0.1) is 0 Å². The first-order valence-corrected chi connectivity index (χ1v) is 7.19. The van der Waals surface area contributed by atoms with Gasteiger partial charge in [-0.05, 0) is 47.2 Å². The molecular formula is C14H11BrFN3O4. The molecule has 1 heterocycles. The maximum absolute atomic E-state index is 13.7. The fourth-order valence-corrected chi connectivity index (χ4v) is 2.01. The third-order valence-corrected chi connectivity index (χ3v) is 3.28. The van der Waals surface area contributed by atoms with E-state index in [-0.39, 0.29) is 11.4 Å². The highest BCUT2D eigenvalue weighted by molar-refractivity contribution is 9.10. The number of nitrogens with zero attached hydrogens (tertiary/aromatic N) is 2. The highest BCUT2D eigenvalue weighted by Gasteiger charge is 2.22. The zero-order valence-corrected chi connectivity index (χ0v) is 13.4. The summed E-state index contributed by atoms with van der Waals surface area (Å²) in [6.07, 6.45) is 0.161. The zero-order chi connectivity index (χ0) is 17.0. The topological polar surface area (TPSA) is 94.4 Å². The van der Waals surface area contributed by atoms with Crippen molar-refractivity contribution in [3.63, 3.8) is 0 Å². The Kier molecular flexibility index (Phi) is 5.22. The SMILES string of the molecule is C[C@H](Oc1cccnc1[N+](=O)[O-])C(=O)Nc1ccc(Br)cc1F. The van der Waals surface area contributed by atoms with Crippen LogP contribution in [0.4, 0.5) is 15.9 Å². The average molecular weight is 384 g/mol. The number of carbonyl (C=O) groups is 1. The molecule has 120 valence electrons. The predicted molar refractivity (Wildman–Crippen MR) is 83.7 cm³/mol. The normalized spacial score (nSPS) is 11.6. The monoisotopic (exact) mass is 383 g/mol. The number of carbonyl (C=O) groups excluding carboxylic acids is 1. The molecule has 1 aromatic heterocycles. The molecule has 0 aliphatic rings. The van der Waals surface area contributed by atoms with Crippen molar-refractivity contribution in [3.05, 3.63) is 56.9 Å². The van der Waals surface area contributed by atoms with Crippen molar-refractivity contribution in [1.29, 1.82) is 0 Å². The number of anilines is 1. The maximum atomic E-state index is 13.7. The summed E-state index contributed by atoms with van der Waals surface area (Å²) in [5.41, 5.74) is -0.0191. The van der Waals surface area contributed by atoms with E-state index in [1.807, 2.05) is 0 Å². The molecule has 0 radical (unpaired) electrons. The molecule has 1 N–H and O–H groups in total. The van der Waals surface area contributed by atoms with Crippen LogP contribution < -0.4 is 10.1 Å². The van der Waals surface area contributed by atoms with E-state index in [4.69, 9.17) is 4.74 Å². The van der Waals surface area contributed by atoms with Crippen molar-refractivity contribution >= 4 is 33.3 Å². The smallest absolute Gasteiger partial charge is 0.406 e. The molecule has 0 fully saturated rings. The molecule has 7 nitrogen and oxygen atoms in total. The Hall–Kier alpha value is -2.55. The van der Waals surface area contributed by atoms with Crippen molar-refractivity contribution in [2.24, 2.45) is 0 Å². The summed E-state index contributed by atoms with van der Waals surface area (Å²) in [5.74, 6) is -1.91. The van der Waals surface area contributed by atoms with Crippen LogP contribution in [0.1, 0.15) is 6.92 Å². The number of nitrogens with one attached hydrogen (secondary N) is 1. The third-order valence-electron chi connectivity index (χ3n) is 2.79. The van der Waals surface area contributed by atoms with Gasteiger partial charge >= 0.3 is 5.82 Å². The largest absolute Gasteiger partial charge is 0.473 e. The van der Waals surface area contributed by atoms with Crippen molar-refractivity contribution in [2.75, 3.05) is 5.32 Å². The van der Waals surface area contributed by atoms with Crippen LogP contribution in [-0.2, 0) is 4.79 Å². The number of pyridine rings is 1. The van der Waals surface area contributed by atoms with Gasteiger partial charge in [-0.3, -0.25) is 4.79 Å². The molecular weight excluding hydrogens is 373 g/mol. The number of hydrogen-bond acceptors (Lipinski definition) is 5. The molecule has 0 aliphatic heterocycles. The quantitative estimate of drug-likeness (QED) is 0.631. The summed E-state index contributed by atoms with van der Waals surface area (Å²) < 4.78 is 19.5. The second-order valence-electron chi connectivity index (χ2n) is 4.46. The summed E-state index contributed by atoms with van der Waals surface area (Å²) in [4.78, 5) is 25.7. The molecule has 2 rings (SSSR count). The molecule has 0 unspecified atom stereocenters. The van der Waals surface area contributed by atoms with Crippen LogP contribution in [0, 0.1) is 15.9 Å². The fourth-order valence-electron chi connectivity index (χ4n) is 1.68. The van der Waals surface area contributed by atoms with Crippen LogP contribution in [0.3, 0.4) is 0 Å². The van der Waals surface area contributed by atoms with Gasteiger partial charge in [-0.1, -0.05) is 15.9 Å². The minimum Gasteiger partial charge on any atom is -0.473 e. The van der Waals surface area contributed by atoms with Gasteiger partial charge in [0.15, 0.2) is 6.10 Å². The second kappa shape index (κ2) is 7.14. The van der Waals surface area contributed by atoms with E-state index in [1.165, 1.54) is 37.4 Å². The summed E-state index contributed by atoms with van der Waals surface area (Å²) in [5, 5.41) is 13.2. The molecule has 2 aromatic rings. The number of ether oxygens (including phenoxy) is 1. The molecule has 9 heteroatoms. The molecule has 0 bridgehead atoms. The predicted octanol–water partition coefficient (Wildman–Crippen LogP) is 3.30. The van der Waals surface area contributed by atoms with Crippen LogP contribution in [0.2, 0.25) is 0 Å². The summed E-state index contributed by atoms with van der Waals surface area (Å²) >= 11 is 3.11. The van der Waals surface area contributed by atoms with Gasteiger partial charge in [-0.2, -0.15) is 0 Å². The number of benzene rings is 1. The number of hydrogen-bond donors (Lipinski definition) is 1. The van der Waals surface area contributed by atoms with Crippen molar-refractivity contribution < 1.29 is 18.8 Å². The third kappa shape index (κ3) is 4.22. The molecule has 0 spiro atoms. The van der Waals surface area contributed by atoms with E-state index < -0.39 is 28.6 Å². The lowest BCUT2D eigenvalue weighted by Gasteiger charge is -2.14. The van der Waals surface area contributed by atoms with Gasteiger partial charge < -0.3 is 20.2 Å². The highest BCUT2D eigenvalue weighted by atomic mass is 79.9. The lowest BCUT2D eigenvalue weighted by Crippen LogP contribution is -2.30. The fraction of sp³-hybridized carbons (Fsp3) is 0.143. The Balaban J connectivity index is 2.10. The van der Waals surface area contributed by atoms with E-state index in [2.05, 4.69) is 26.2 Å². The molecule has 0 saturated heterocycles. The molecule has 1 aromatic carbocycles. The van der Waals surface area contributed by atoms with E-state index in [0.29, 0.717) is 4.47 Å². The van der Waals surface area contributed by atoms with Gasteiger partial charge in [0.05, 0.1) is 5.69 Å². The summed E-state index contributed by atoms with van der Waals surface area (Å²) in [6, 6.07) is 6.93. The van der Waals surface area contributed by atoms with E-state index in [1.54, 1.807) is 6.07 Å². The first kappa shape index (κ1) is 16.8. The Morgan fingerprint density at radius 1 is 1.48 bits per heavy atom. The molecule has 0 saturated carbocycles. The van der Waals surface area contributed by atoms with Crippen LogP contribution in [0.15, 0.2) is 41.0 Å². The summed E-state index contributed by atoms with van der Waals surface area (Å²) in [7, 11) is 0. The molecule has 1 atom stereocenters. The molecule has 1 amide bonds. The van der Waals surface area contributed by atoms with Crippen molar-refractivity contribution in [2.45, 2.75) is 13.0 Å². The van der Waals surface area contributed by atoms with Crippen LogP contribution in [0.25, 0.3) is 0 Å². The Morgan fingerprint density at radius 2 is 2.22 bits per heavy atom. The van der Waals surface area contributed by atoms with E-state index >= 15 is 0 Å². The Morgan fingerprint density at radius 3 is 2.87 bits per heavy atom.